The molecule has 2 rings (SSSR count). The second-order valence-electron chi connectivity index (χ2n) is 5.59. The van der Waals surface area contributed by atoms with E-state index in [-0.39, 0.29) is 18.0 Å². The summed E-state index contributed by atoms with van der Waals surface area (Å²) >= 11 is 6.01. The molecule has 19 heavy (non-hydrogen) atoms. The van der Waals surface area contributed by atoms with Crippen molar-refractivity contribution in [3.8, 4) is 0 Å². The van der Waals surface area contributed by atoms with Gasteiger partial charge in [-0.25, -0.2) is 0 Å². The van der Waals surface area contributed by atoms with Crippen molar-refractivity contribution < 1.29 is 4.79 Å². The van der Waals surface area contributed by atoms with E-state index >= 15 is 0 Å². The molecule has 0 radical (unpaired) electrons. The Morgan fingerprint density at radius 3 is 2.95 bits per heavy atom. The Morgan fingerprint density at radius 1 is 1.58 bits per heavy atom. The van der Waals surface area contributed by atoms with Gasteiger partial charge in [0, 0.05) is 24.3 Å². The van der Waals surface area contributed by atoms with Gasteiger partial charge in [-0.15, -0.1) is 0 Å². The van der Waals surface area contributed by atoms with E-state index in [1.165, 1.54) is 0 Å². The van der Waals surface area contributed by atoms with Gasteiger partial charge < -0.3 is 15.2 Å². The van der Waals surface area contributed by atoms with Crippen LogP contribution in [-0.4, -0.2) is 29.1 Å². The van der Waals surface area contributed by atoms with Crippen LogP contribution in [-0.2, 0) is 0 Å². The Kier molecular flexibility index (Phi) is 4.53. The van der Waals surface area contributed by atoms with Crippen molar-refractivity contribution in [2.24, 2.45) is 0 Å². The Bertz CT molecular complexity index is 456. The first-order chi connectivity index (χ1) is 8.97. The molecule has 4 nitrogen and oxygen atoms in total. The predicted molar refractivity (Wildman–Crippen MR) is 77.8 cm³/mol. The maximum absolute atomic E-state index is 12.3. The smallest absolute Gasteiger partial charge is 0.268 e. The van der Waals surface area contributed by atoms with Crippen LogP contribution in [0.1, 0.15) is 50.1 Å². The van der Waals surface area contributed by atoms with Crippen LogP contribution in [0.2, 0.25) is 5.02 Å². The molecule has 1 amide bonds. The van der Waals surface area contributed by atoms with Crippen molar-refractivity contribution in [2.75, 3.05) is 6.54 Å². The number of aromatic nitrogens is 1. The number of nitrogens with one attached hydrogen (secondary N) is 2. The van der Waals surface area contributed by atoms with Crippen LogP contribution in [0.4, 0.5) is 0 Å². The number of rotatable bonds is 3. The minimum Gasteiger partial charge on any atom is -0.348 e. The molecular formula is C14H22ClN3O. The SMILES string of the molecule is CC1CC(NC(=O)c2cc(Cl)cn2C(C)C)CCN1. The lowest BCUT2D eigenvalue weighted by Crippen LogP contribution is -2.46. The van der Waals surface area contributed by atoms with Gasteiger partial charge in [0.1, 0.15) is 5.69 Å². The molecule has 2 heterocycles. The highest BCUT2D eigenvalue weighted by atomic mass is 35.5. The highest BCUT2D eigenvalue weighted by Gasteiger charge is 2.22. The predicted octanol–water partition coefficient (Wildman–Crippen LogP) is 2.59. The van der Waals surface area contributed by atoms with Gasteiger partial charge in [0.2, 0.25) is 0 Å². The van der Waals surface area contributed by atoms with Crippen molar-refractivity contribution in [1.82, 2.24) is 15.2 Å². The molecule has 0 spiro atoms. The number of halogens is 1. The molecule has 1 aromatic rings. The molecule has 1 saturated heterocycles. The standard InChI is InChI=1S/C14H22ClN3O/c1-9(2)18-8-11(15)7-13(18)14(19)17-12-4-5-16-10(3)6-12/h7-10,12,16H,4-6H2,1-3H3,(H,17,19). The van der Waals surface area contributed by atoms with Crippen molar-refractivity contribution in [3.05, 3.63) is 23.0 Å². The Hall–Kier alpha value is -1.00. The molecule has 1 fully saturated rings. The third-order valence-corrected chi connectivity index (χ3v) is 3.77. The van der Waals surface area contributed by atoms with Crippen molar-refractivity contribution >= 4 is 17.5 Å². The summed E-state index contributed by atoms with van der Waals surface area (Å²) in [6.45, 7) is 7.18. The normalized spacial score (nSPS) is 23.6. The Morgan fingerprint density at radius 2 is 2.32 bits per heavy atom. The summed E-state index contributed by atoms with van der Waals surface area (Å²) in [6, 6.07) is 2.67. The number of hydrogen-bond donors (Lipinski definition) is 2. The third kappa shape index (κ3) is 3.51. The van der Waals surface area contributed by atoms with E-state index < -0.39 is 0 Å². The number of hydrogen-bond acceptors (Lipinski definition) is 2. The van der Waals surface area contributed by atoms with Gasteiger partial charge in [-0.3, -0.25) is 4.79 Å². The Balaban J connectivity index is 2.07. The first kappa shape index (κ1) is 14.4. The van der Waals surface area contributed by atoms with E-state index in [1.807, 2.05) is 24.6 Å². The van der Waals surface area contributed by atoms with Crippen molar-refractivity contribution in [1.29, 1.82) is 0 Å². The maximum Gasteiger partial charge on any atom is 0.268 e. The van der Waals surface area contributed by atoms with E-state index in [1.54, 1.807) is 6.07 Å². The molecule has 2 unspecified atom stereocenters. The quantitative estimate of drug-likeness (QED) is 0.896. The zero-order chi connectivity index (χ0) is 14.0. The molecule has 2 N–H and O–H groups in total. The van der Waals surface area contributed by atoms with Gasteiger partial charge in [0.25, 0.3) is 5.91 Å². The molecule has 0 aliphatic carbocycles. The highest BCUT2D eigenvalue weighted by Crippen LogP contribution is 2.19. The summed E-state index contributed by atoms with van der Waals surface area (Å²) in [5.74, 6) is -0.0281. The number of nitrogens with zero attached hydrogens (tertiary/aromatic N) is 1. The minimum atomic E-state index is -0.0281. The fourth-order valence-corrected chi connectivity index (χ4v) is 2.79. The van der Waals surface area contributed by atoms with Crippen LogP contribution < -0.4 is 10.6 Å². The van der Waals surface area contributed by atoms with Crippen LogP contribution in [0, 0.1) is 0 Å². The molecule has 1 aromatic heterocycles. The van der Waals surface area contributed by atoms with Crippen LogP contribution in [0.3, 0.4) is 0 Å². The highest BCUT2D eigenvalue weighted by molar-refractivity contribution is 6.31. The largest absolute Gasteiger partial charge is 0.348 e. The summed E-state index contributed by atoms with van der Waals surface area (Å²) in [5, 5.41) is 7.11. The molecule has 2 atom stereocenters. The van der Waals surface area contributed by atoms with E-state index in [0.717, 1.165) is 19.4 Å². The van der Waals surface area contributed by atoms with E-state index in [0.29, 0.717) is 16.8 Å². The van der Waals surface area contributed by atoms with Gasteiger partial charge in [-0.2, -0.15) is 0 Å². The first-order valence-corrected chi connectivity index (χ1v) is 7.26. The van der Waals surface area contributed by atoms with E-state index in [9.17, 15) is 4.79 Å². The Labute approximate surface area is 119 Å². The molecule has 1 aliphatic heterocycles. The molecule has 1 aliphatic rings. The lowest BCUT2D eigenvalue weighted by molar-refractivity contribution is 0.0914. The average Bonchev–Trinajstić information content (AvgIpc) is 2.71. The second kappa shape index (κ2) is 5.97. The number of carbonyl (C=O) groups excluding carboxylic acids is 1. The lowest BCUT2D eigenvalue weighted by atomic mass is 10.0. The minimum absolute atomic E-state index is 0.0281. The number of piperidine rings is 1. The van der Waals surface area contributed by atoms with Crippen molar-refractivity contribution in [2.45, 2.75) is 51.7 Å². The van der Waals surface area contributed by atoms with Crippen molar-refractivity contribution in [3.63, 3.8) is 0 Å². The zero-order valence-corrected chi connectivity index (χ0v) is 12.5. The molecule has 106 valence electrons. The maximum atomic E-state index is 12.3. The molecule has 0 aromatic carbocycles. The lowest BCUT2D eigenvalue weighted by Gasteiger charge is -2.28. The van der Waals surface area contributed by atoms with Crippen LogP contribution in [0.5, 0.6) is 0 Å². The fourth-order valence-electron chi connectivity index (χ4n) is 2.58. The van der Waals surface area contributed by atoms with E-state index in [4.69, 9.17) is 11.6 Å². The molecule has 0 saturated carbocycles. The number of carbonyl (C=O) groups is 1. The summed E-state index contributed by atoms with van der Waals surface area (Å²) in [4.78, 5) is 12.3. The molecule has 5 heteroatoms. The summed E-state index contributed by atoms with van der Waals surface area (Å²) in [7, 11) is 0. The van der Waals surface area contributed by atoms with Crippen LogP contribution >= 0.6 is 11.6 Å². The van der Waals surface area contributed by atoms with Gasteiger partial charge in [-0.1, -0.05) is 11.6 Å². The van der Waals surface area contributed by atoms with E-state index in [2.05, 4.69) is 17.6 Å². The van der Waals surface area contributed by atoms with Gasteiger partial charge in [-0.05, 0) is 46.2 Å². The van der Waals surface area contributed by atoms with Gasteiger partial charge in [0.15, 0.2) is 0 Å². The topological polar surface area (TPSA) is 46.1 Å². The van der Waals surface area contributed by atoms with Crippen LogP contribution in [0.15, 0.2) is 12.3 Å². The first-order valence-electron chi connectivity index (χ1n) is 6.89. The zero-order valence-electron chi connectivity index (χ0n) is 11.7. The average molecular weight is 284 g/mol. The molecular weight excluding hydrogens is 262 g/mol. The summed E-state index contributed by atoms with van der Waals surface area (Å²) < 4.78 is 1.92. The number of amides is 1. The fraction of sp³-hybridized carbons (Fsp3) is 0.643. The second-order valence-corrected chi connectivity index (χ2v) is 6.03. The van der Waals surface area contributed by atoms with Crippen LogP contribution in [0.25, 0.3) is 0 Å². The summed E-state index contributed by atoms with van der Waals surface area (Å²) in [6.07, 6.45) is 3.76. The van der Waals surface area contributed by atoms with Gasteiger partial charge >= 0.3 is 0 Å². The monoisotopic (exact) mass is 283 g/mol. The van der Waals surface area contributed by atoms with Gasteiger partial charge in [0.05, 0.1) is 5.02 Å². The summed E-state index contributed by atoms with van der Waals surface area (Å²) in [5.41, 5.74) is 0.645. The molecule has 0 bridgehead atoms. The third-order valence-electron chi connectivity index (χ3n) is 3.56.